The van der Waals surface area contributed by atoms with Crippen LogP contribution in [-0.4, -0.2) is 19.7 Å². The van der Waals surface area contributed by atoms with Crippen LogP contribution in [0, 0.1) is 0 Å². The third-order valence-electron chi connectivity index (χ3n) is 2.32. The highest BCUT2D eigenvalue weighted by Crippen LogP contribution is 2.20. The van der Waals surface area contributed by atoms with Gasteiger partial charge in [0.15, 0.2) is 0 Å². The predicted molar refractivity (Wildman–Crippen MR) is 69.0 cm³/mol. The summed E-state index contributed by atoms with van der Waals surface area (Å²) in [5.74, 6) is 0. The fourth-order valence-electron chi connectivity index (χ4n) is 1.52. The molecule has 0 fully saturated rings. The highest BCUT2D eigenvalue weighted by Gasteiger charge is 2.11. The number of nitrogens with one attached hydrogen (secondary N) is 1. The van der Waals surface area contributed by atoms with E-state index in [1.807, 2.05) is 18.2 Å². The van der Waals surface area contributed by atoms with Crippen molar-refractivity contribution in [2.24, 2.45) is 0 Å². The fraction of sp³-hybridized carbons (Fsp3) is 0.538. The van der Waals surface area contributed by atoms with Gasteiger partial charge in [0.25, 0.3) is 0 Å². The molecule has 1 aromatic carbocycles. The number of rotatable bonds is 7. The van der Waals surface area contributed by atoms with Crippen molar-refractivity contribution in [2.45, 2.75) is 26.4 Å². The van der Waals surface area contributed by atoms with Crippen LogP contribution >= 0.6 is 11.6 Å². The van der Waals surface area contributed by atoms with Crippen molar-refractivity contribution >= 4 is 11.6 Å². The van der Waals surface area contributed by atoms with Crippen LogP contribution in [0.2, 0.25) is 5.02 Å². The van der Waals surface area contributed by atoms with Crippen molar-refractivity contribution < 1.29 is 4.74 Å². The Morgan fingerprint density at radius 1 is 1.38 bits per heavy atom. The molecule has 16 heavy (non-hydrogen) atoms. The van der Waals surface area contributed by atoms with Gasteiger partial charge in [-0.2, -0.15) is 0 Å². The average Bonchev–Trinajstić information content (AvgIpc) is 2.29. The van der Waals surface area contributed by atoms with Crippen LogP contribution in [0.3, 0.4) is 0 Å². The first-order valence-corrected chi connectivity index (χ1v) is 6.23. The molecule has 0 radical (unpaired) electrons. The Kier molecular flexibility index (Phi) is 6.46. The first kappa shape index (κ1) is 13.5. The third kappa shape index (κ3) is 4.52. The molecule has 0 saturated carbocycles. The molecule has 1 aromatic rings. The van der Waals surface area contributed by atoms with Gasteiger partial charge in [-0.25, -0.2) is 0 Å². The monoisotopic (exact) mass is 241 g/mol. The molecule has 0 aromatic heterocycles. The molecule has 1 atom stereocenters. The number of hydrogen-bond donors (Lipinski definition) is 1. The Bertz CT molecular complexity index is 296. The number of hydrogen-bond acceptors (Lipinski definition) is 2. The summed E-state index contributed by atoms with van der Waals surface area (Å²) < 4.78 is 5.81. The lowest BCUT2D eigenvalue weighted by Gasteiger charge is -2.18. The molecule has 1 unspecified atom stereocenters. The molecule has 0 aliphatic heterocycles. The maximum atomic E-state index is 5.98. The second-order valence-corrected chi connectivity index (χ2v) is 4.16. The fourth-order valence-corrected chi connectivity index (χ4v) is 1.71. The maximum Gasteiger partial charge on any atom is 0.0949 e. The van der Waals surface area contributed by atoms with Gasteiger partial charge in [-0.15, -0.1) is 0 Å². The van der Waals surface area contributed by atoms with Gasteiger partial charge in [0.05, 0.1) is 6.10 Å². The van der Waals surface area contributed by atoms with E-state index in [9.17, 15) is 0 Å². The summed E-state index contributed by atoms with van der Waals surface area (Å²) in [6.45, 7) is 6.77. The third-order valence-corrected chi connectivity index (χ3v) is 2.56. The Morgan fingerprint density at radius 2 is 2.19 bits per heavy atom. The summed E-state index contributed by atoms with van der Waals surface area (Å²) in [4.78, 5) is 0. The number of likely N-dealkylation sites (N-methyl/N-ethyl adjacent to an activating group) is 1. The number of halogens is 1. The Morgan fingerprint density at radius 3 is 2.81 bits per heavy atom. The van der Waals surface area contributed by atoms with Gasteiger partial charge in [0, 0.05) is 18.2 Å². The van der Waals surface area contributed by atoms with E-state index in [4.69, 9.17) is 16.3 Å². The first-order chi connectivity index (χ1) is 7.77. The van der Waals surface area contributed by atoms with Crippen LogP contribution < -0.4 is 5.32 Å². The summed E-state index contributed by atoms with van der Waals surface area (Å²) in [5, 5.41) is 4.07. The summed E-state index contributed by atoms with van der Waals surface area (Å²) in [7, 11) is 0. The van der Waals surface area contributed by atoms with Crippen LogP contribution in [0.1, 0.15) is 31.9 Å². The van der Waals surface area contributed by atoms with E-state index in [0.717, 1.165) is 36.7 Å². The van der Waals surface area contributed by atoms with E-state index < -0.39 is 0 Å². The molecule has 3 heteroatoms. The zero-order valence-electron chi connectivity index (χ0n) is 10.0. The predicted octanol–water partition coefficient (Wildman–Crippen LogP) is 3.42. The molecule has 1 rings (SSSR count). The van der Waals surface area contributed by atoms with Gasteiger partial charge in [0.2, 0.25) is 0 Å². The van der Waals surface area contributed by atoms with Gasteiger partial charge in [-0.1, -0.05) is 37.6 Å². The zero-order chi connectivity index (χ0) is 11.8. The molecule has 0 bridgehead atoms. The molecule has 0 spiro atoms. The van der Waals surface area contributed by atoms with E-state index in [1.165, 1.54) is 0 Å². The standard InChI is InChI=1S/C13H20ClNO/c1-3-8-16-13(10-15-4-2)11-6-5-7-12(14)9-11/h5-7,9,13,15H,3-4,8,10H2,1-2H3. The molecular weight excluding hydrogens is 222 g/mol. The smallest absolute Gasteiger partial charge is 0.0949 e. The number of benzene rings is 1. The van der Waals surface area contributed by atoms with Crippen LogP contribution in [0.5, 0.6) is 0 Å². The van der Waals surface area contributed by atoms with Crippen LogP contribution in [-0.2, 0) is 4.74 Å². The minimum Gasteiger partial charge on any atom is -0.372 e. The highest BCUT2D eigenvalue weighted by molar-refractivity contribution is 6.30. The summed E-state index contributed by atoms with van der Waals surface area (Å²) in [6, 6.07) is 7.88. The van der Waals surface area contributed by atoms with Crippen molar-refractivity contribution in [1.82, 2.24) is 5.32 Å². The van der Waals surface area contributed by atoms with Crippen LogP contribution in [0.4, 0.5) is 0 Å². The molecule has 2 nitrogen and oxygen atoms in total. The van der Waals surface area contributed by atoms with E-state index in [-0.39, 0.29) is 6.10 Å². The van der Waals surface area contributed by atoms with Crippen molar-refractivity contribution in [2.75, 3.05) is 19.7 Å². The van der Waals surface area contributed by atoms with E-state index in [1.54, 1.807) is 0 Å². The average molecular weight is 242 g/mol. The largest absolute Gasteiger partial charge is 0.372 e. The Balaban J connectivity index is 2.66. The van der Waals surface area contributed by atoms with Gasteiger partial charge in [-0.05, 0) is 30.7 Å². The van der Waals surface area contributed by atoms with Crippen molar-refractivity contribution in [3.05, 3.63) is 34.9 Å². The molecule has 0 heterocycles. The molecule has 0 aliphatic rings. The minimum absolute atomic E-state index is 0.0959. The van der Waals surface area contributed by atoms with Crippen LogP contribution in [0.25, 0.3) is 0 Å². The van der Waals surface area contributed by atoms with E-state index in [2.05, 4.69) is 25.2 Å². The lowest BCUT2D eigenvalue weighted by Crippen LogP contribution is -2.23. The topological polar surface area (TPSA) is 21.3 Å². The maximum absolute atomic E-state index is 5.98. The van der Waals surface area contributed by atoms with E-state index in [0.29, 0.717) is 0 Å². The van der Waals surface area contributed by atoms with Crippen molar-refractivity contribution in [3.8, 4) is 0 Å². The van der Waals surface area contributed by atoms with Crippen molar-refractivity contribution in [1.29, 1.82) is 0 Å². The summed E-state index contributed by atoms with van der Waals surface area (Å²) in [5.41, 5.74) is 1.14. The molecule has 0 amide bonds. The summed E-state index contributed by atoms with van der Waals surface area (Å²) >= 11 is 5.98. The molecular formula is C13H20ClNO. The lowest BCUT2D eigenvalue weighted by atomic mass is 10.1. The SMILES string of the molecule is CCCOC(CNCC)c1cccc(Cl)c1. The second-order valence-electron chi connectivity index (χ2n) is 3.72. The van der Waals surface area contributed by atoms with Gasteiger partial charge >= 0.3 is 0 Å². The zero-order valence-corrected chi connectivity index (χ0v) is 10.8. The molecule has 0 aliphatic carbocycles. The van der Waals surface area contributed by atoms with Gasteiger partial charge < -0.3 is 10.1 Å². The quantitative estimate of drug-likeness (QED) is 0.790. The highest BCUT2D eigenvalue weighted by atomic mass is 35.5. The van der Waals surface area contributed by atoms with Crippen molar-refractivity contribution in [3.63, 3.8) is 0 Å². The first-order valence-electron chi connectivity index (χ1n) is 5.85. The molecule has 1 N–H and O–H groups in total. The second kappa shape index (κ2) is 7.66. The van der Waals surface area contributed by atoms with E-state index >= 15 is 0 Å². The lowest BCUT2D eigenvalue weighted by molar-refractivity contribution is 0.0534. The molecule has 90 valence electrons. The van der Waals surface area contributed by atoms with Gasteiger partial charge in [-0.3, -0.25) is 0 Å². The normalized spacial score (nSPS) is 12.7. The minimum atomic E-state index is 0.0959. The Hall–Kier alpha value is -0.570. The molecule has 0 saturated heterocycles. The van der Waals surface area contributed by atoms with Crippen LogP contribution in [0.15, 0.2) is 24.3 Å². The van der Waals surface area contributed by atoms with Gasteiger partial charge in [0.1, 0.15) is 0 Å². The summed E-state index contributed by atoms with van der Waals surface area (Å²) in [6.07, 6.45) is 1.13. The Labute approximate surface area is 103 Å². The number of ether oxygens (including phenoxy) is 1.